The van der Waals surface area contributed by atoms with Gasteiger partial charge in [0.15, 0.2) is 0 Å². The fourth-order valence-corrected chi connectivity index (χ4v) is 2.89. The molecule has 5 nitrogen and oxygen atoms in total. The van der Waals surface area contributed by atoms with E-state index in [1.165, 1.54) is 0 Å². The molecule has 0 N–H and O–H groups in total. The highest BCUT2D eigenvalue weighted by atomic mass is 16.6. The zero-order valence-corrected chi connectivity index (χ0v) is 17.1. The molecule has 0 saturated carbocycles. The van der Waals surface area contributed by atoms with Crippen molar-refractivity contribution in [3.8, 4) is 11.5 Å². The Morgan fingerprint density at radius 1 is 0.900 bits per heavy atom. The molecule has 0 bridgehead atoms. The zero-order valence-electron chi connectivity index (χ0n) is 17.1. The number of carbonyl (C=O) groups excluding carboxylic acids is 2. The molecule has 154 valence electrons. The molecule has 5 heteroatoms. The van der Waals surface area contributed by atoms with E-state index in [0.717, 1.165) is 28.7 Å². The first-order chi connectivity index (χ1) is 14.5. The van der Waals surface area contributed by atoms with Gasteiger partial charge in [-0.1, -0.05) is 24.3 Å². The van der Waals surface area contributed by atoms with E-state index in [4.69, 9.17) is 14.2 Å². The fourth-order valence-electron chi connectivity index (χ4n) is 2.89. The van der Waals surface area contributed by atoms with Gasteiger partial charge in [0.05, 0.1) is 5.56 Å². The Labute approximate surface area is 176 Å². The van der Waals surface area contributed by atoms with Gasteiger partial charge in [-0.25, -0.2) is 4.79 Å². The van der Waals surface area contributed by atoms with Crippen LogP contribution in [0.5, 0.6) is 11.5 Å². The Morgan fingerprint density at radius 3 is 2.40 bits per heavy atom. The summed E-state index contributed by atoms with van der Waals surface area (Å²) in [6.45, 7) is 4.66. The number of benzene rings is 3. The second-order valence-corrected chi connectivity index (χ2v) is 6.93. The van der Waals surface area contributed by atoms with E-state index < -0.39 is 5.97 Å². The molecule has 3 aromatic rings. The Hall–Kier alpha value is -3.60. The molecule has 30 heavy (non-hydrogen) atoms. The zero-order chi connectivity index (χ0) is 21.3. The highest BCUT2D eigenvalue weighted by molar-refractivity contribution is 5.89. The van der Waals surface area contributed by atoms with Gasteiger partial charge in [0.2, 0.25) is 0 Å². The van der Waals surface area contributed by atoms with Gasteiger partial charge in [-0.05, 0) is 73.0 Å². The van der Waals surface area contributed by atoms with Crippen LogP contribution in [0.1, 0.15) is 37.4 Å². The number of ether oxygens (including phenoxy) is 3. The number of aryl methyl sites for hydroxylation is 2. The Morgan fingerprint density at radius 2 is 1.70 bits per heavy atom. The van der Waals surface area contributed by atoms with Gasteiger partial charge in [0.1, 0.15) is 37.6 Å². The third-order valence-electron chi connectivity index (χ3n) is 4.49. The first kappa shape index (κ1) is 21.1. The second-order valence-electron chi connectivity index (χ2n) is 6.93. The number of esters is 1. The van der Waals surface area contributed by atoms with Gasteiger partial charge in [-0.2, -0.15) is 0 Å². The molecule has 0 spiro atoms. The molecule has 0 aromatic heterocycles. The van der Waals surface area contributed by atoms with E-state index in [2.05, 4.69) is 0 Å². The predicted octanol–water partition coefficient (Wildman–Crippen LogP) is 4.93. The van der Waals surface area contributed by atoms with Crippen LogP contribution in [0.3, 0.4) is 0 Å². The normalized spacial score (nSPS) is 10.3. The van der Waals surface area contributed by atoms with Crippen LogP contribution in [-0.2, 0) is 11.3 Å². The molecule has 0 saturated heterocycles. The summed E-state index contributed by atoms with van der Waals surface area (Å²) in [5.41, 5.74) is 4.03. The van der Waals surface area contributed by atoms with Crippen LogP contribution in [0, 0.1) is 13.8 Å². The quantitative estimate of drug-likeness (QED) is 0.287. The van der Waals surface area contributed by atoms with E-state index in [0.29, 0.717) is 23.5 Å². The van der Waals surface area contributed by atoms with E-state index in [1.807, 2.05) is 50.2 Å². The average Bonchev–Trinajstić information content (AvgIpc) is 2.76. The monoisotopic (exact) mass is 404 g/mol. The van der Waals surface area contributed by atoms with Crippen LogP contribution in [0.25, 0.3) is 0 Å². The third-order valence-corrected chi connectivity index (χ3v) is 4.49. The number of aldehydes is 1. The van der Waals surface area contributed by atoms with E-state index in [9.17, 15) is 9.59 Å². The lowest BCUT2D eigenvalue weighted by molar-refractivity contribution is 0.0450. The van der Waals surface area contributed by atoms with Crippen LogP contribution >= 0.6 is 0 Å². The molecule has 3 aromatic carbocycles. The summed E-state index contributed by atoms with van der Waals surface area (Å²) in [5.74, 6) is 1.07. The molecular formula is C25H24O5. The number of hydrogen-bond donors (Lipinski definition) is 0. The lowest BCUT2D eigenvalue weighted by Gasteiger charge is -2.10. The topological polar surface area (TPSA) is 61.8 Å². The summed E-state index contributed by atoms with van der Waals surface area (Å²) < 4.78 is 16.6. The van der Waals surface area contributed by atoms with Crippen molar-refractivity contribution in [2.45, 2.75) is 20.5 Å². The van der Waals surface area contributed by atoms with Crippen LogP contribution in [-0.4, -0.2) is 25.5 Å². The Kier molecular flexibility index (Phi) is 7.22. The summed E-state index contributed by atoms with van der Waals surface area (Å²) >= 11 is 0. The molecule has 0 aliphatic carbocycles. The Balaban J connectivity index is 1.43. The van der Waals surface area contributed by atoms with Crippen molar-refractivity contribution in [3.63, 3.8) is 0 Å². The molecule has 0 radical (unpaired) electrons. The minimum atomic E-state index is -0.405. The third kappa shape index (κ3) is 5.95. The van der Waals surface area contributed by atoms with E-state index in [-0.39, 0.29) is 13.2 Å². The first-order valence-electron chi connectivity index (χ1n) is 9.69. The van der Waals surface area contributed by atoms with Gasteiger partial charge < -0.3 is 14.2 Å². The average molecular weight is 404 g/mol. The molecule has 0 amide bonds. The fraction of sp³-hybridized carbons (Fsp3) is 0.200. The molecular weight excluding hydrogens is 380 g/mol. The number of carbonyl (C=O) groups is 2. The van der Waals surface area contributed by atoms with Crippen LogP contribution < -0.4 is 9.47 Å². The van der Waals surface area contributed by atoms with Crippen molar-refractivity contribution < 1.29 is 23.8 Å². The van der Waals surface area contributed by atoms with Crippen molar-refractivity contribution in [1.82, 2.24) is 0 Å². The number of hydrogen-bond acceptors (Lipinski definition) is 5. The smallest absolute Gasteiger partial charge is 0.338 e. The summed E-state index contributed by atoms with van der Waals surface area (Å²) in [7, 11) is 0. The Bertz CT molecular complexity index is 1010. The van der Waals surface area contributed by atoms with Crippen LogP contribution in [0.4, 0.5) is 0 Å². The van der Waals surface area contributed by atoms with Crippen LogP contribution in [0.2, 0.25) is 0 Å². The lowest BCUT2D eigenvalue weighted by Crippen LogP contribution is -2.13. The van der Waals surface area contributed by atoms with Gasteiger partial charge in [-0.3, -0.25) is 4.79 Å². The van der Waals surface area contributed by atoms with Gasteiger partial charge in [0, 0.05) is 5.56 Å². The molecule has 0 atom stereocenters. The van der Waals surface area contributed by atoms with Gasteiger partial charge in [0.25, 0.3) is 0 Å². The predicted molar refractivity (Wildman–Crippen MR) is 114 cm³/mol. The standard InChI is InChI=1S/C25H24O5/c1-18-4-3-5-23(14-18)30-17-20-6-9-22(10-7-20)25(27)29-13-12-28-24-11-8-21(16-26)15-19(24)2/h3-11,14-16H,12-13,17H2,1-2H3. The number of rotatable bonds is 9. The first-order valence-corrected chi connectivity index (χ1v) is 9.69. The molecule has 3 rings (SSSR count). The summed E-state index contributed by atoms with van der Waals surface area (Å²) in [6.07, 6.45) is 0.790. The van der Waals surface area contributed by atoms with Crippen molar-refractivity contribution in [2.75, 3.05) is 13.2 Å². The van der Waals surface area contributed by atoms with Crippen molar-refractivity contribution in [1.29, 1.82) is 0 Å². The van der Waals surface area contributed by atoms with Crippen LogP contribution in [0.15, 0.2) is 66.7 Å². The summed E-state index contributed by atoms with van der Waals surface area (Å²) in [6, 6.07) is 20.2. The molecule has 0 fully saturated rings. The second kappa shape index (κ2) is 10.3. The van der Waals surface area contributed by atoms with E-state index in [1.54, 1.807) is 30.3 Å². The SMILES string of the molecule is Cc1cccc(OCc2ccc(C(=O)OCCOc3ccc(C=O)cc3C)cc2)c1. The van der Waals surface area contributed by atoms with Crippen molar-refractivity contribution in [3.05, 3.63) is 94.5 Å². The largest absolute Gasteiger partial charge is 0.490 e. The molecule has 0 aliphatic rings. The van der Waals surface area contributed by atoms with Crippen molar-refractivity contribution >= 4 is 12.3 Å². The maximum Gasteiger partial charge on any atom is 0.338 e. The minimum absolute atomic E-state index is 0.131. The highest BCUT2D eigenvalue weighted by Crippen LogP contribution is 2.18. The van der Waals surface area contributed by atoms with Gasteiger partial charge in [-0.15, -0.1) is 0 Å². The maximum absolute atomic E-state index is 12.2. The van der Waals surface area contributed by atoms with E-state index >= 15 is 0 Å². The minimum Gasteiger partial charge on any atom is -0.490 e. The van der Waals surface area contributed by atoms with Gasteiger partial charge >= 0.3 is 5.97 Å². The summed E-state index contributed by atoms with van der Waals surface area (Å²) in [5, 5.41) is 0. The molecule has 0 aliphatic heterocycles. The molecule has 0 unspecified atom stereocenters. The highest BCUT2D eigenvalue weighted by Gasteiger charge is 2.08. The summed E-state index contributed by atoms with van der Waals surface area (Å²) in [4.78, 5) is 23.0. The lowest BCUT2D eigenvalue weighted by atomic mass is 10.1. The molecule has 0 heterocycles. The van der Waals surface area contributed by atoms with Crippen molar-refractivity contribution in [2.24, 2.45) is 0 Å². The maximum atomic E-state index is 12.2.